The summed E-state index contributed by atoms with van der Waals surface area (Å²) in [6, 6.07) is 3.85. The molecule has 4 N–H and O–H groups in total. The maximum Gasteiger partial charge on any atom is 0.195 e. The van der Waals surface area contributed by atoms with Crippen LogP contribution in [0.15, 0.2) is 29.5 Å². The van der Waals surface area contributed by atoms with Crippen molar-refractivity contribution < 1.29 is 0 Å². The molecular formula is C12H19N5S. The molecule has 0 aromatic carbocycles. The predicted molar refractivity (Wildman–Crippen MR) is 78.2 cm³/mol. The normalized spacial score (nSPS) is 12.1. The van der Waals surface area contributed by atoms with E-state index in [1.807, 2.05) is 32.9 Å². The zero-order valence-corrected chi connectivity index (χ0v) is 11.7. The van der Waals surface area contributed by atoms with Crippen molar-refractivity contribution in [2.24, 2.45) is 10.7 Å². The van der Waals surface area contributed by atoms with Crippen molar-refractivity contribution in [3.05, 3.63) is 30.1 Å². The van der Waals surface area contributed by atoms with Crippen molar-refractivity contribution >= 4 is 23.3 Å². The summed E-state index contributed by atoms with van der Waals surface area (Å²) in [6.07, 6.45) is 3.51. The Labute approximate surface area is 113 Å². The topological polar surface area (TPSA) is 75.3 Å². The zero-order chi connectivity index (χ0) is 13.6. The molecule has 0 fully saturated rings. The van der Waals surface area contributed by atoms with Gasteiger partial charge in [-0.1, -0.05) is 6.07 Å². The first-order valence-electron chi connectivity index (χ1n) is 5.66. The number of rotatable bonds is 2. The third-order valence-corrected chi connectivity index (χ3v) is 2.12. The van der Waals surface area contributed by atoms with Crippen LogP contribution in [0.3, 0.4) is 0 Å². The van der Waals surface area contributed by atoms with Gasteiger partial charge in [0.2, 0.25) is 0 Å². The molecule has 6 heteroatoms. The Morgan fingerprint density at radius 1 is 1.50 bits per heavy atom. The molecular weight excluding hydrogens is 246 g/mol. The van der Waals surface area contributed by atoms with Crippen LogP contribution >= 0.6 is 12.2 Å². The van der Waals surface area contributed by atoms with E-state index in [1.165, 1.54) is 0 Å². The summed E-state index contributed by atoms with van der Waals surface area (Å²) in [5, 5.41) is 6.32. The second-order valence-electron chi connectivity index (χ2n) is 4.84. The number of aliphatic imine (C=N–C) groups is 1. The van der Waals surface area contributed by atoms with Crippen molar-refractivity contribution in [3.63, 3.8) is 0 Å². The van der Waals surface area contributed by atoms with Crippen molar-refractivity contribution in [1.82, 2.24) is 15.6 Å². The van der Waals surface area contributed by atoms with E-state index in [0.29, 0.717) is 17.6 Å². The summed E-state index contributed by atoms with van der Waals surface area (Å²) >= 11 is 5.12. The minimum Gasteiger partial charge on any atom is -0.370 e. The van der Waals surface area contributed by atoms with Gasteiger partial charge in [-0.2, -0.15) is 0 Å². The van der Waals surface area contributed by atoms with Gasteiger partial charge in [0.25, 0.3) is 0 Å². The number of nitrogens with one attached hydrogen (secondary N) is 2. The number of guanidine groups is 1. The van der Waals surface area contributed by atoms with Gasteiger partial charge < -0.3 is 16.4 Å². The summed E-state index contributed by atoms with van der Waals surface area (Å²) in [6.45, 7) is 6.50. The number of nitrogens with zero attached hydrogens (tertiary/aromatic N) is 2. The van der Waals surface area contributed by atoms with Crippen LogP contribution < -0.4 is 16.4 Å². The summed E-state index contributed by atoms with van der Waals surface area (Å²) in [4.78, 5) is 8.27. The number of thiocarbonyl (C=S) groups is 1. The largest absolute Gasteiger partial charge is 0.370 e. The maximum absolute atomic E-state index is 5.73. The van der Waals surface area contributed by atoms with Gasteiger partial charge in [0.1, 0.15) is 0 Å². The van der Waals surface area contributed by atoms with Gasteiger partial charge >= 0.3 is 0 Å². The lowest BCUT2D eigenvalue weighted by Gasteiger charge is -2.15. The zero-order valence-electron chi connectivity index (χ0n) is 10.9. The third kappa shape index (κ3) is 6.15. The molecule has 0 saturated carbocycles. The second-order valence-corrected chi connectivity index (χ2v) is 5.25. The van der Waals surface area contributed by atoms with E-state index in [0.717, 1.165) is 5.56 Å². The lowest BCUT2D eigenvalue weighted by atomic mass is 10.1. The highest BCUT2D eigenvalue weighted by Crippen LogP contribution is 2.04. The first kappa shape index (κ1) is 14.4. The van der Waals surface area contributed by atoms with E-state index in [2.05, 4.69) is 20.6 Å². The number of pyridine rings is 1. The number of hydrogen-bond acceptors (Lipinski definition) is 3. The minimum absolute atomic E-state index is 0.226. The van der Waals surface area contributed by atoms with E-state index >= 15 is 0 Å². The van der Waals surface area contributed by atoms with Crippen molar-refractivity contribution in [2.75, 3.05) is 0 Å². The van der Waals surface area contributed by atoms with E-state index in [1.54, 1.807) is 12.4 Å². The number of hydrogen-bond donors (Lipinski definition) is 3. The first-order valence-corrected chi connectivity index (χ1v) is 6.07. The van der Waals surface area contributed by atoms with E-state index in [4.69, 9.17) is 18.0 Å². The maximum atomic E-state index is 5.73. The monoisotopic (exact) mass is 265 g/mol. The predicted octanol–water partition coefficient (Wildman–Crippen LogP) is 1.16. The van der Waals surface area contributed by atoms with Gasteiger partial charge in [0, 0.05) is 18.9 Å². The first-order chi connectivity index (χ1) is 8.37. The van der Waals surface area contributed by atoms with E-state index in [-0.39, 0.29) is 5.54 Å². The fraction of sp³-hybridized carbons (Fsp3) is 0.417. The van der Waals surface area contributed by atoms with Gasteiger partial charge in [0.05, 0.1) is 5.54 Å². The third-order valence-electron chi connectivity index (χ3n) is 1.87. The van der Waals surface area contributed by atoms with Crippen LogP contribution in [0.4, 0.5) is 0 Å². The highest BCUT2D eigenvalue weighted by Gasteiger charge is 2.08. The van der Waals surface area contributed by atoms with Crippen LogP contribution in [0.2, 0.25) is 0 Å². The minimum atomic E-state index is -0.226. The molecule has 0 atom stereocenters. The van der Waals surface area contributed by atoms with E-state index < -0.39 is 0 Å². The Kier molecular flexibility index (Phi) is 5.03. The van der Waals surface area contributed by atoms with Crippen LogP contribution in [0.1, 0.15) is 26.3 Å². The molecule has 0 aliphatic rings. The van der Waals surface area contributed by atoms with Crippen LogP contribution in [0, 0.1) is 0 Å². The molecule has 1 aromatic rings. The summed E-state index contributed by atoms with van der Waals surface area (Å²) in [7, 11) is 0. The molecule has 0 saturated heterocycles. The highest BCUT2D eigenvalue weighted by molar-refractivity contribution is 7.80. The van der Waals surface area contributed by atoms with Gasteiger partial charge in [0.15, 0.2) is 11.1 Å². The Balaban J connectivity index is 2.41. The second kappa shape index (κ2) is 6.30. The van der Waals surface area contributed by atoms with Crippen LogP contribution in [0.25, 0.3) is 0 Å². The molecule has 0 aliphatic heterocycles. The standard InChI is InChI=1S/C12H19N5S/c1-12(2,3)17-10(13)16-11(18)15-8-9-5-4-6-14-7-9/h4-7H,8H2,1-3H3,(H4,13,15,16,17,18). The van der Waals surface area contributed by atoms with E-state index in [9.17, 15) is 0 Å². The van der Waals surface area contributed by atoms with Gasteiger partial charge in [-0.15, -0.1) is 0 Å². The average molecular weight is 265 g/mol. The fourth-order valence-electron chi connectivity index (χ4n) is 1.23. The van der Waals surface area contributed by atoms with Gasteiger partial charge in [-0.25, -0.2) is 4.99 Å². The molecule has 0 aliphatic carbocycles. The molecule has 5 nitrogen and oxygen atoms in total. The van der Waals surface area contributed by atoms with Gasteiger partial charge in [-0.05, 0) is 44.6 Å². The molecule has 0 amide bonds. The van der Waals surface area contributed by atoms with Crippen molar-refractivity contribution in [3.8, 4) is 0 Å². The Bertz CT molecular complexity index is 422. The molecule has 0 unspecified atom stereocenters. The lowest BCUT2D eigenvalue weighted by molar-refractivity contribution is 0.580. The molecule has 0 spiro atoms. The van der Waals surface area contributed by atoms with Gasteiger partial charge in [-0.3, -0.25) is 4.98 Å². The smallest absolute Gasteiger partial charge is 0.195 e. The molecule has 18 heavy (non-hydrogen) atoms. The van der Waals surface area contributed by atoms with Crippen LogP contribution in [0.5, 0.6) is 0 Å². The average Bonchev–Trinajstić information content (AvgIpc) is 2.25. The Morgan fingerprint density at radius 2 is 2.22 bits per heavy atom. The Hall–Kier alpha value is -1.69. The Morgan fingerprint density at radius 3 is 2.78 bits per heavy atom. The highest BCUT2D eigenvalue weighted by atomic mass is 32.1. The van der Waals surface area contributed by atoms with Crippen LogP contribution in [-0.4, -0.2) is 21.6 Å². The number of aromatic nitrogens is 1. The summed E-state index contributed by atoms with van der Waals surface area (Å²) in [5.41, 5.74) is 6.55. The fourth-order valence-corrected chi connectivity index (χ4v) is 1.41. The molecule has 0 radical (unpaired) electrons. The molecule has 1 aromatic heterocycles. The SMILES string of the molecule is CC(C)(C)N=C(N)NC(=S)NCc1cccnc1. The quantitative estimate of drug-likeness (QED) is 0.425. The summed E-state index contributed by atoms with van der Waals surface area (Å²) in [5.74, 6) is 0.311. The molecule has 1 rings (SSSR count). The molecule has 0 bridgehead atoms. The van der Waals surface area contributed by atoms with Crippen molar-refractivity contribution in [1.29, 1.82) is 0 Å². The van der Waals surface area contributed by atoms with Crippen LogP contribution in [-0.2, 0) is 6.54 Å². The molecule has 1 heterocycles. The lowest BCUT2D eigenvalue weighted by Crippen LogP contribution is -2.44. The summed E-state index contributed by atoms with van der Waals surface area (Å²) < 4.78 is 0. The number of nitrogens with two attached hydrogens (primary N) is 1. The van der Waals surface area contributed by atoms with Crippen molar-refractivity contribution in [2.45, 2.75) is 32.9 Å². The molecule has 98 valence electrons.